The quantitative estimate of drug-likeness (QED) is 0.666. The maximum absolute atomic E-state index is 2.21. The van der Waals surface area contributed by atoms with Gasteiger partial charge in [-0.15, -0.1) is 0 Å². The number of hydrogen-bond donors (Lipinski definition) is 0. The molecule has 3 rings (SSSR count). The molecular formula is C19H18Pt. The predicted molar refractivity (Wildman–Crippen MR) is 84.2 cm³/mol. The molecule has 1 aliphatic rings. The van der Waals surface area contributed by atoms with Gasteiger partial charge in [0.1, 0.15) is 0 Å². The Bertz CT molecular complexity index is 514. The Morgan fingerprint density at radius 3 is 1.45 bits per heavy atom. The molecule has 2 aromatic carbocycles. The van der Waals surface area contributed by atoms with Crippen LogP contribution in [0.25, 0.3) is 0 Å². The first-order valence-corrected chi connectivity index (χ1v) is 8.89. The Labute approximate surface area is 130 Å². The van der Waals surface area contributed by atoms with Crippen LogP contribution < -0.4 is 7.91 Å². The average Bonchev–Trinajstić information content (AvgIpc) is 2.83. The first-order chi connectivity index (χ1) is 9.95. The summed E-state index contributed by atoms with van der Waals surface area (Å²) in [5.41, 5.74) is 0. The fourth-order valence-electron chi connectivity index (χ4n) is 1.54. The predicted octanol–water partition coefficient (Wildman–Crippen LogP) is 3.78. The number of allylic oxidation sites excluding steroid dienone is 6. The molecule has 0 radical (unpaired) electrons. The van der Waals surface area contributed by atoms with Crippen LogP contribution in [-0.2, 0) is 18.6 Å². The van der Waals surface area contributed by atoms with Crippen LogP contribution in [0.15, 0.2) is 97.1 Å². The van der Waals surface area contributed by atoms with Gasteiger partial charge in [-0.2, -0.15) is 0 Å². The summed E-state index contributed by atoms with van der Waals surface area (Å²) in [6, 6.07) is 21.4. The van der Waals surface area contributed by atoms with Crippen LogP contribution in [0.2, 0.25) is 0 Å². The topological polar surface area (TPSA) is 0 Å². The molecule has 0 N–H and O–H groups in total. The van der Waals surface area contributed by atoms with Gasteiger partial charge >= 0.3 is 87.1 Å². The Hall–Kier alpha value is -1.65. The fraction of sp³-hybridized carbons (Fsp3) is 0.0526. The molecule has 0 spiro atoms. The molecule has 0 bridgehead atoms. The van der Waals surface area contributed by atoms with Gasteiger partial charge in [0, 0.05) is 0 Å². The Morgan fingerprint density at radius 1 is 0.550 bits per heavy atom. The zero-order valence-electron chi connectivity index (χ0n) is 11.3. The molecule has 0 atom stereocenters. The number of rotatable bonds is 2. The van der Waals surface area contributed by atoms with E-state index in [1.54, 1.807) is 0 Å². The molecule has 0 nitrogen and oxygen atoms in total. The molecule has 2 aromatic rings. The molecule has 0 saturated heterocycles. The van der Waals surface area contributed by atoms with Crippen molar-refractivity contribution in [3.05, 3.63) is 97.1 Å². The van der Waals surface area contributed by atoms with Crippen LogP contribution in [0, 0.1) is 0 Å². The van der Waals surface area contributed by atoms with E-state index in [-0.39, 0.29) is 18.6 Å². The second-order valence-corrected chi connectivity index (χ2v) is 7.27. The SMILES string of the molecule is C1=CC=CCC=C1.c1cc[c]([Pt][c]2ccccc2)cc1. The third-order valence-electron chi connectivity index (χ3n) is 2.49. The summed E-state index contributed by atoms with van der Waals surface area (Å²) < 4.78 is 2.96. The Morgan fingerprint density at radius 2 is 1.00 bits per heavy atom. The van der Waals surface area contributed by atoms with Crippen LogP contribution >= 0.6 is 0 Å². The first kappa shape index (κ1) is 14.8. The van der Waals surface area contributed by atoms with Gasteiger partial charge in [-0.05, 0) is 6.42 Å². The van der Waals surface area contributed by atoms with E-state index >= 15 is 0 Å². The molecule has 20 heavy (non-hydrogen) atoms. The van der Waals surface area contributed by atoms with E-state index in [2.05, 4.69) is 85.0 Å². The van der Waals surface area contributed by atoms with Gasteiger partial charge in [0.05, 0.1) is 0 Å². The third-order valence-corrected chi connectivity index (χ3v) is 5.31. The molecule has 1 aliphatic carbocycles. The van der Waals surface area contributed by atoms with E-state index in [9.17, 15) is 0 Å². The first-order valence-electron chi connectivity index (χ1n) is 6.62. The molecule has 0 unspecified atom stereocenters. The summed E-state index contributed by atoms with van der Waals surface area (Å²) in [6.07, 6.45) is 13.5. The van der Waals surface area contributed by atoms with Crippen LogP contribution in [0.3, 0.4) is 0 Å². The monoisotopic (exact) mass is 441 g/mol. The van der Waals surface area contributed by atoms with Crippen molar-refractivity contribution in [3.8, 4) is 0 Å². The van der Waals surface area contributed by atoms with Gasteiger partial charge in [0.2, 0.25) is 0 Å². The molecule has 1 heteroatoms. The van der Waals surface area contributed by atoms with E-state index in [4.69, 9.17) is 0 Å². The van der Waals surface area contributed by atoms with Crippen molar-refractivity contribution in [2.45, 2.75) is 6.42 Å². The Balaban J connectivity index is 0.000000178. The van der Waals surface area contributed by atoms with Crippen LogP contribution in [0.4, 0.5) is 0 Å². The average molecular weight is 441 g/mol. The molecule has 104 valence electrons. The standard InChI is InChI=1S/C7H8.2C6H5.Pt/c1-2-4-6-7-5-3-1;2*1-2-4-6-5-3-1;/h1-6H,7H2;2*1-5H;. The zero-order valence-corrected chi connectivity index (χ0v) is 13.5. The molecule has 0 aliphatic heterocycles. The molecule has 0 fully saturated rings. The third kappa shape index (κ3) is 5.99. The van der Waals surface area contributed by atoms with E-state index in [0.717, 1.165) is 6.42 Å². The van der Waals surface area contributed by atoms with Crippen molar-refractivity contribution >= 4 is 7.91 Å². The van der Waals surface area contributed by atoms with Crippen LogP contribution in [-0.4, -0.2) is 0 Å². The minimum atomic E-state index is 0.0186. The fourth-order valence-corrected chi connectivity index (χ4v) is 3.93. The molecule has 0 amide bonds. The number of benzene rings is 2. The summed E-state index contributed by atoms with van der Waals surface area (Å²) in [7, 11) is 0. The molecule has 0 aromatic heterocycles. The van der Waals surface area contributed by atoms with Crippen molar-refractivity contribution in [1.29, 1.82) is 0 Å². The van der Waals surface area contributed by atoms with E-state index in [0.29, 0.717) is 0 Å². The summed E-state index contributed by atoms with van der Waals surface area (Å²) in [5, 5.41) is 0. The second kappa shape index (κ2) is 9.28. The van der Waals surface area contributed by atoms with Gasteiger partial charge in [-0.1, -0.05) is 36.5 Å². The van der Waals surface area contributed by atoms with Gasteiger partial charge in [0.25, 0.3) is 0 Å². The van der Waals surface area contributed by atoms with Gasteiger partial charge in [-0.3, -0.25) is 0 Å². The van der Waals surface area contributed by atoms with Crippen molar-refractivity contribution in [3.63, 3.8) is 0 Å². The molecule has 0 heterocycles. The van der Waals surface area contributed by atoms with Gasteiger partial charge < -0.3 is 0 Å². The van der Waals surface area contributed by atoms with Gasteiger partial charge in [-0.25, -0.2) is 0 Å². The van der Waals surface area contributed by atoms with Gasteiger partial charge in [0.15, 0.2) is 0 Å². The second-order valence-electron chi connectivity index (χ2n) is 4.08. The maximum atomic E-state index is 2.21. The number of hydrogen-bond acceptors (Lipinski definition) is 0. The summed E-state index contributed by atoms with van der Waals surface area (Å²) in [6.45, 7) is 0. The van der Waals surface area contributed by atoms with Crippen LogP contribution in [0.5, 0.6) is 0 Å². The summed E-state index contributed by atoms with van der Waals surface area (Å²) in [5.74, 6) is 0. The van der Waals surface area contributed by atoms with E-state index in [1.165, 1.54) is 7.91 Å². The van der Waals surface area contributed by atoms with E-state index < -0.39 is 0 Å². The normalized spacial score (nSPS) is 12.6. The van der Waals surface area contributed by atoms with Crippen LogP contribution in [0.1, 0.15) is 6.42 Å². The van der Waals surface area contributed by atoms with Crippen molar-refractivity contribution < 1.29 is 18.6 Å². The summed E-state index contributed by atoms with van der Waals surface area (Å²) >= 11 is 0.0186. The molecule has 0 saturated carbocycles. The van der Waals surface area contributed by atoms with E-state index in [1.807, 2.05) is 12.2 Å². The van der Waals surface area contributed by atoms with Crippen molar-refractivity contribution in [2.75, 3.05) is 0 Å². The van der Waals surface area contributed by atoms with Crippen molar-refractivity contribution in [1.82, 2.24) is 0 Å². The zero-order chi connectivity index (χ0) is 13.9. The minimum absolute atomic E-state index is 0.0186. The molecular weight excluding hydrogens is 423 g/mol. The summed E-state index contributed by atoms with van der Waals surface area (Å²) in [4.78, 5) is 0. The Kier molecular flexibility index (Phi) is 6.85. The van der Waals surface area contributed by atoms with Crippen molar-refractivity contribution in [2.24, 2.45) is 0 Å².